The predicted octanol–water partition coefficient (Wildman–Crippen LogP) is 1.17. The molecular formula is C15H14O6. The third kappa shape index (κ3) is 1.63. The maximum absolute atomic E-state index is 10.1. The van der Waals surface area contributed by atoms with E-state index >= 15 is 0 Å². The SMILES string of the molecule is Cc1cc2c3c(ccc4c3c1C(O)OC4O)C(O)OC2O. The van der Waals surface area contributed by atoms with E-state index in [0.29, 0.717) is 38.6 Å². The topological polar surface area (TPSA) is 99.4 Å². The van der Waals surface area contributed by atoms with Crippen molar-refractivity contribution in [1.29, 1.82) is 0 Å². The van der Waals surface area contributed by atoms with Gasteiger partial charge < -0.3 is 29.9 Å². The summed E-state index contributed by atoms with van der Waals surface area (Å²) in [6.07, 6.45) is -5.02. The second-order valence-electron chi connectivity index (χ2n) is 5.37. The molecule has 0 radical (unpaired) electrons. The van der Waals surface area contributed by atoms with Crippen molar-refractivity contribution in [1.82, 2.24) is 0 Å². The van der Waals surface area contributed by atoms with Gasteiger partial charge in [-0.25, -0.2) is 0 Å². The molecule has 0 saturated heterocycles. The summed E-state index contributed by atoms with van der Waals surface area (Å²) in [6, 6.07) is 4.96. The minimum absolute atomic E-state index is 0.497. The second-order valence-corrected chi connectivity index (χ2v) is 5.37. The highest BCUT2D eigenvalue weighted by Gasteiger charge is 2.35. The minimum Gasteiger partial charge on any atom is -0.364 e. The Morgan fingerprint density at radius 2 is 1.29 bits per heavy atom. The van der Waals surface area contributed by atoms with E-state index in [-0.39, 0.29) is 0 Å². The Morgan fingerprint density at radius 1 is 0.762 bits per heavy atom. The van der Waals surface area contributed by atoms with Gasteiger partial charge in [0.15, 0.2) is 25.2 Å². The van der Waals surface area contributed by atoms with Gasteiger partial charge in [-0.2, -0.15) is 0 Å². The molecule has 0 fully saturated rings. The van der Waals surface area contributed by atoms with Gasteiger partial charge in [-0.15, -0.1) is 0 Å². The first-order valence-corrected chi connectivity index (χ1v) is 6.62. The molecular weight excluding hydrogens is 276 g/mol. The van der Waals surface area contributed by atoms with Crippen LogP contribution < -0.4 is 0 Å². The summed E-state index contributed by atoms with van der Waals surface area (Å²) in [5, 5.41) is 41.3. The molecule has 4 atom stereocenters. The molecule has 4 N–H and O–H groups in total. The highest BCUT2D eigenvalue weighted by atomic mass is 16.7. The molecule has 2 aromatic carbocycles. The van der Waals surface area contributed by atoms with E-state index in [1.54, 1.807) is 25.1 Å². The van der Waals surface area contributed by atoms with Gasteiger partial charge in [0.1, 0.15) is 0 Å². The van der Waals surface area contributed by atoms with Gasteiger partial charge in [-0.3, -0.25) is 0 Å². The van der Waals surface area contributed by atoms with Crippen LogP contribution in [0.25, 0.3) is 10.8 Å². The van der Waals surface area contributed by atoms with Gasteiger partial charge in [0.25, 0.3) is 0 Å². The summed E-state index contributed by atoms with van der Waals surface area (Å²) in [7, 11) is 0. The smallest absolute Gasteiger partial charge is 0.185 e. The summed E-state index contributed by atoms with van der Waals surface area (Å²) in [5.74, 6) is 0. The van der Waals surface area contributed by atoms with Crippen molar-refractivity contribution in [2.24, 2.45) is 0 Å². The number of aliphatic hydroxyl groups excluding tert-OH is 4. The molecule has 2 heterocycles. The standard InChI is InChI=1S/C15H14O6/c1-5-4-8-10-6(12(16)20-14(8)18)2-3-7-11(10)9(5)15(19)21-13(7)17/h2-4,12-19H,1H3. The van der Waals surface area contributed by atoms with Crippen LogP contribution >= 0.6 is 0 Å². The predicted molar refractivity (Wildman–Crippen MR) is 70.7 cm³/mol. The first-order chi connectivity index (χ1) is 9.99. The number of ether oxygens (including phenoxy) is 2. The second kappa shape index (κ2) is 4.23. The highest BCUT2D eigenvalue weighted by Crippen LogP contribution is 2.47. The van der Waals surface area contributed by atoms with Crippen LogP contribution in [-0.4, -0.2) is 20.4 Å². The normalized spacial score (nSPS) is 30.7. The Kier molecular flexibility index (Phi) is 2.65. The van der Waals surface area contributed by atoms with Gasteiger partial charge >= 0.3 is 0 Å². The van der Waals surface area contributed by atoms with E-state index in [1.807, 2.05) is 0 Å². The van der Waals surface area contributed by atoms with Gasteiger partial charge in [-0.05, 0) is 29.3 Å². The molecule has 0 aliphatic carbocycles. The van der Waals surface area contributed by atoms with Crippen LogP contribution in [0.15, 0.2) is 18.2 Å². The molecule has 21 heavy (non-hydrogen) atoms. The van der Waals surface area contributed by atoms with Crippen LogP contribution in [0.2, 0.25) is 0 Å². The summed E-state index contributed by atoms with van der Waals surface area (Å²) < 4.78 is 10.2. The highest BCUT2D eigenvalue weighted by molar-refractivity contribution is 5.96. The lowest BCUT2D eigenvalue weighted by Gasteiger charge is -2.33. The van der Waals surface area contributed by atoms with Crippen molar-refractivity contribution in [3.63, 3.8) is 0 Å². The van der Waals surface area contributed by atoms with Gasteiger partial charge in [-0.1, -0.05) is 12.1 Å². The van der Waals surface area contributed by atoms with E-state index in [2.05, 4.69) is 0 Å². The lowest BCUT2D eigenvalue weighted by atomic mass is 9.86. The largest absolute Gasteiger partial charge is 0.364 e. The average Bonchev–Trinajstić information content (AvgIpc) is 2.42. The molecule has 0 spiro atoms. The fourth-order valence-electron chi connectivity index (χ4n) is 3.27. The van der Waals surface area contributed by atoms with E-state index in [0.717, 1.165) is 0 Å². The summed E-state index contributed by atoms with van der Waals surface area (Å²) in [5.41, 5.74) is 2.76. The molecule has 2 aromatic rings. The number of benzene rings is 2. The minimum atomic E-state index is -1.26. The van der Waals surface area contributed by atoms with Crippen molar-refractivity contribution in [3.8, 4) is 0 Å². The lowest BCUT2D eigenvalue weighted by Crippen LogP contribution is -2.22. The first kappa shape index (κ1) is 13.1. The zero-order valence-corrected chi connectivity index (χ0v) is 11.1. The maximum Gasteiger partial charge on any atom is 0.185 e. The zero-order valence-electron chi connectivity index (χ0n) is 11.1. The fraction of sp³-hybridized carbons (Fsp3) is 0.333. The third-order valence-electron chi connectivity index (χ3n) is 4.19. The van der Waals surface area contributed by atoms with Crippen molar-refractivity contribution < 1.29 is 29.9 Å². The monoisotopic (exact) mass is 290 g/mol. The molecule has 0 aromatic heterocycles. The van der Waals surface area contributed by atoms with Crippen LogP contribution in [0.1, 0.15) is 53.0 Å². The Morgan fingerprint density at radius 3 is 1.95 bits per heavy atom. The van der Waals surface area contributed by atoms with Gasteiger partial charge in [0, 0.05) is 22.3 Å². The lowest BCUT2D eigenvalue weighted by molar-refractivity contribution is -0.222. The Hall–Kier alpha value is -1.54. The number of hydrogen-bond acceptors (Lipinski definition) is 6. The van der Waals surface area contributed by atoms with Crippen molar-refractivity contribution >= 4 is 10.8 Å². The number of aliphatic hydroxyl groups is 4. The Balaban J connectivity index is 2.22. The molecule has 6 heteroatoms. The van der Waals surface area contributed by atoms with Crippen LogP contribution in [0.3, 0.4) is 0 Å². The van der Waals surface area contributed by atoms with E-state index < -0.39 is 25.2 Å². The van der Waals surface area contributed by atoms with Crippen molar-refractivity contribution in [2.75, 3.05) is 0 Å². The zero-order chi connectivity index (χ0) is 14.9. The maximum atomic E-state index is 10.1. The fourth-order valence-corrected chi connectivity index (χ4v) is 3.27. The van der Waals surface area contributed by atoms with Crippen molar-refractivity contribution in [3.05, 3.63) is 46.0 Å². The summed E-state index contributed by atoms with van der Waals surface area (Å²) >= 11 is 0. The van der Waals surface area contributed by atoms with Crippen LogP contribution in [0.5, 0.6) is 0 Å². The average molecular weight is 290 g/mol. The molecule has 0 saturated carbocycles. The first-order valence-electron chi connectivity index (χ1n) is 6.62. The number of hydrogen-bond donors (Lipinski definition) is 4. The molecule has 0 amide bonds. The molecule has 4 unspecified atom stereocenters. The molecule has 4 rings (SSSR count). The Labute approximate surface area is 119 Å². The van der Waals surface area contributed by atoms with E-state index in [1.165, 1.54) is 0 Å². The van der Waals surface area contributed by atoms with Crippen LogP contribution in [0, 0.1) is 6.92 Å². The molecule has 6 nitrogen and oxygen atoms in total. The van der Waals surface area contributed by atoms with Crippen LogP contribution in [-0.2, 0) is 9.47 Å². The molecule has 110 valence electrons. The van der Waals surface area contributed by atoms with E-state index in [9.17, 15) is 20.4 Å². The third-order valence-corrected chi connectivity index (χ3v) is 4.19. The molecule has 2 aliphatic rings. The molecule has 0 bridgehead atoms. The number of rotatable bonds is 0. The summed E-state index contributed by atoms with van der Waals surface area (Å²) in [6.45, 7) is 1.78. The van der Waals surface area contributed by atoms with Crippen LogP contribution in [0.4, 0.5) is 0 Å². The van der Waals surface area contributed by atoms with Gasteiger partial charge in [0.05, 0.1) is 0 Å². The van der Waals surface area contributed by atoms with Crippen molar-refractivity contribution in [2.45, 2.75) is 32.1 Å². The Bertz CT molecular complexity index is 756. The number of aryl methyl sites for hydroxylation is 1. The molecule has 2 aliphatic heterocycles. The quantitative estimate of drug-likeness (QED) is 0.581. The summed E-state index contributed by atoms with van der Waals surface area (Å²) in [4.78, 5) is 0. The van der Waals surface area contributed by atoms with Gasteiger partial charge in [0.2, 0.25) is 0 Å². The van der Waals surface area contributed by atoms with E-state index in [4.69, 9.17) is 9.47 Å².